The first-order chi connectivity index (χ1) is 62.6. The van der Waals surface area contributed by atoms with Gasteiger partial charge in [-0.3, -0.25) is 0 Å². The number of hydrogen-bond acceptors (Lipinski definition) is 0. The first-order valence-electron chi connectivity index (χ1n) is 49.1. The van der Waals surface area contributed by atoms with Crippen molar-refractivity contribution in [2.24, 2.45) is 0 Å². The van der Waals surface area contributed by atoms with E-state index in [1.807, 2.05) is 0 Å². The molecule has 0 bridgehead atoms. The third-order valence-electron chi connectivity index (χ3n) is 28.5. The molecule has 0 fully saturated rings. The summed E-state index contributed by atoms with van der Waals surface area (Å²) in [5.74, 6) is -0.754. The van der Waals surface area contributed by atoms with Crippen molar-refractivity contribution >= 4 is 0 Å². The smallest absolute Gasteiger partial charge is 0.0340 e. The highest BCUT2D eigenvalue weighted by Crippen LogP contribution is 2.48. The Morgan fingerprint density at radius 1 is 0.0977 bits per heavy atom. The second-order valence-electron chi connectivity index (χ2n) is 47.9. The first kappa shape index (κ1) is 95.9. The standard InChI is InChI=1S/C133H148/c1-125(2,3)109-64-46-88(47-65-109)118(89-48-66-110(67-49-89)126(4,5)6)97-34-28-37-100(82-97)121(94-58-76-115(77-59-94)131(19,20)21)103-40-31-43-106(85-103)124(107-44-32-41-104(86-107)122(95-60-78-116(79-61-95)132(22,23)24)101-38-29-35-98(83-101)119(90-50-68-111(69-51-90)127(7,8)9)91-52-70-112(71-53-91)128(10,11)12)108-45-33-42-105(87-108)123(96-62-80-117(81-63-96)133(25,26)27)102-39-30-36-99(84-102)120(92-54-72-113(73-55-92)129(13,14)15)93-56-74-114(75-57-93)130(16,17)18/h28-87,118-124H,1-27H3. The lowest BCUT2D eigenvalue weighted by atomic mass is 9.76. The molecule has 0 aromatic heterocycles. The van der Waals surface area contributed by atoms with E-state index >= 15 is 0 Å². The third-order valence-corrected chi connectivity index (χ3v) is 28.5. The van der Waals surface area contributed by atoms with Crippen molar-refractivity contribution in [1.82, 2.24) is 0 Å². The van der Waals surface area contributed by atoms with Crippen LogP contribution in [0, 0.1) is 0 Å². The van der Waals surface area contributed by atoms with Gasteiger partial charge in [0.1, 0.15) is 0 Å². The van der Waals surface area contributed by atoms with Crippen molar-refractivity contribution in [3.8, 4) is 0 Å². The SMILES string of the molecule is CC(C)(C)c1ccc(C(c2ccc(C(C)(C)C)cc2)c2cccc(C(c3ccc(C(C)(C)C)cc3)c3cccc(C(c4cccc(C(c5ccc(C(C)(C)C)cc5)c5cccc(C(c6ccc(C(C)(C)C)cc6)c6ccc(C(C)(C)C)cc6)c5)c4)c4cccc(C(c5ccc(C(C)(C)C)cc5)c5cccc(C(c6ccc(C(C)(C)C)cc6)c6ccc(C(C)(C)C)cc6)c5)c4)c3)c2)cc1. The Morgan fingerprint density at radius 2 is 0.173 bits per heavy atom. The highest BCUT2D eigenvalue weighted by Gasteiger charge is 2.33. The van der Waals surface area contributed by atoms with Gasteiger partial charge >= 0.3 is 0 Å². The van der Waals surface area contributed by atoms with E-state index in [9.17, 15) is 0 Å². The first-order valence-corrected chi connectivity index (χ1v) is 49.1. The topological polar surface area (TPSA) is 0 Å². The largest absolute Gasteiger partial charge is 0.0617 e. The summed E-state index contributed by atoms with van der Waals surface area (Å²) < 4.78 is 0. The zero-order valence-corrected chi connectivity index (χ0v) is 85.2. The predicted octanol–water partition coefficient (Wildman–Crippen LogP) is 35.6. The average Bonchev–Trinajstić information content (AvgIpc) is 0.789. The molecule has 0 saturated carbocycles. The van der Waals surface area contributed by atoms with Gasteiger partial charge in [-0.2, -0.15) is 0 Å². The van der Waals surface area contributed by atoms with Crippen LogP contribution in [0.5, 0.6) is 0 Å². The lowest BCUT2D eigenvalue weighted by Gasteiger charge is -2.28. The van der Waals surface area contributed by atoms with Crippen molar-refractivity contribution in [3.63, 3.8) is 0 Å². The minimum atomic E-state index is -0.245. The molecule has 0 aliphatic carbocycles. The van der Waals surface area contributed by atoms with Gasteiger partial charge in [-0.1, -0.05) is 551 Å². The fourth-order valence-corrected chi connectivity index (χ4v) is 20.1. The summed E-state index contributed by atoms with van der Waals surface area (Å²) in [4.78, 5) is 0. The van der Waals surface area contributed by atoms with E-state index in [1.165, 1.54) is 167 Å². The number of rotatable bonds is 21. The van der Waals surface area contributed by atoms with Gasteiger partial charge in [-0.25, -0.2) is 0 Å². The lowest BCUT2D eigenvalue weighted by Crippen LogP contribution is -2.14. The highest BCUT2D eigenvalue weighted by atomic mass is 14.4. The fraction of sp³-hybridized carbons (Fsp3) is 0.323. The summed E-state index contributed by atoms with van der Waals surface area (Å²) in [7, 11) is 0. The van der Waals surface area contributed by atoms with E-state index < -0.39 is 0 Å². The number of benzene rings is 15. The van der Waals surface area contributed by atoms with Crippen LogP contribution in [0.3, 0.4) is 0 Å². The number of hydrogen-bond donors (Lipinski definition) is 0. The van der Waals surface area contributed by atoms with E-state index in [0.717, 1.165) is 0 Å². The van der Waals surface area contributed by atoms with E-state index in [2.05, 4.69) is 551 Å². The minimum absolute atomic E-state index is 0.00990. The van der Waals surface area contributed by atoms with Crippen LogP contribution in [-0.4, -0.2) is 0 Å². The van der Waals surface area contributed by atoms with Gasteiger partial charge in [0.15, 0.2) is 0 Å². The molecule has 0 heterocycles. The maximum atomic E-state index is 2.59. The van der Waals surface area contributed by atoms with Gasteiger partial charge in [-0.05, 0) is 216 Å². The van der Waals surface area contributed by atoms with Crippen LogP contribution in [0.1, 0.15) is 395 Å². The van der Waals surface area contributed by atoms with Crippen LogP contribution in [0.15, 0.2) is 364 Å². The molecule has 0 heteroatoms. The molecule has 680 valence electrons. The van der Waals surface area contributed by atoms with Crippen LogP contribution < -0.4 is 0 Å². The molecule has 15 aromatic carbocycles. The Balaban J connectivity index is 0.956. The van der Waals surface area contributed by atoms with Gasteiger partial charge in [0.25, 0.3) is 0 Å². The molecule has 0 spiro atoms. The Bertz CT molecular complexity index is 5650. The van der Waals surface area contributed by atoms with Crippen LogP contribution in [0.25, 0.3) is 0 Å². The molecule has 0 radical (unpaired) electrons. The second-order valence-corrected chi connectivity index (χ2v) is 47.9. The Morgan fingerprint density at radius 3 is 0.256 bits per heavy atom. The normalized spacial score (nSPS) is 13.8. The lowest BCUT2D eigenvalue weighted by molar-refractivity contribution is 0.589. The monoisotopic (exact) mass is 1750 g/mol. The van der Waals surface area contributed by atoms with Crippen molar-refractivity contribution in [1.29, 1.82) is 0 Å². The maximum Gasteiger partial charge on any atom is 0.0340 e. The molecule has 0 saturated heterocycles. The maximum absolute atomic E-state index is 2.59. The Kier molecular flexibility index (Phi) is 27.1. The van der Waals surface area contributed by atoms with E-state index in [-0.39, 0.29) is 90.2 Å². The van der Waals surface area contributed by atoms with Crippen LogP contribution in [0.4, 0.5) is 0 Å². The van der Waals surface area contributed by atoms with Gasteiger partial charge < -0.3 is 0 Å². The Hall–Kier alpha value is -11.7. The highest BCUT2D eigenvalue weighted by molar-refractivity contribution is 5.59. The van der Waals surface area contributed by atoms with E-state index in [1.54, 1.807) is 0 Å². The van der Waals surface area contributed by atoms with E-state index in [0.29, 0.717) is 0 Å². The summed E-state index contributed by atoms with van der Waals surface area (Å²) in [6, 6.07) is 144. The molecular formula is C133H148. The Labute approximate surface area is 802 Å². The van der Waals surface area contributed by atoms with Gasteiger partial charge in [0.05, 0.1) is 0 Å². The molecule has 3 atom stereocenters. The van der Waals surface area contributed by atoms with Crippen LogP contribution in [0.2, 0.25) is 0 Å². The van der Waals surface area contributed by atoms with Gasteiger partial charge in [0, 0.05) is 41.4 Å². The zero-order valence-electron chi connectivity index (χ0n) is 85.2. The van der Waals surface area contributed by atoms with Gasteiger partial charge in [0.2, 0.25) is 0 Å². The molecule has 0 N–H and O–H groups in total. The molecule has 15 rings (SSSR count). The predicted molar refractivity (Wildman–Crippen MR) is 572 cm³/mol. The molecule has 0 aliphatic heterocycles. The molecule has 0 aliphatic rings. The van der Waals surface area contributed by atoms with Crippen molar-refractivity contribution < 1.29 is 0 Å². The summed E-state index contributed by atoms with van der Waals surface area (Å²) >= 11 is 0. The molecule has 0 amide bonds. The van der Waals surface area contributed by atoms with Crippen molar-refractivity contribution in [3.05, 3.63) is 531 Å². The van der Waals surface area contributed by atoms with Crippen molar-refractivity contribution in [2.45, 2.75) is 277 Å². The molecule has 133 heavy (non-hydrogen) atoms. The molecule has 15 aromatic rings. The molecule has 0 nitrogen and oxygen atoms in total. The summed E-state index contributed by atoms with van der Waals surface area (Å²) in [6.45, 7) is 62.7. The second kappa shape index (κ2) is 37.6. The average molecular weight is 1750 g/mol. The molecule has 3 unspecified atom stereocenters. The van der Waals surface area contributed by atoms with E-state index in [4.69, 9.17) is 0 Å². The fourth-order valence-electron chi connectivity index (χ4n) is 20.1. The van der Waals surface area contributed by atoms with Gasteiger partial charge in [-0.15, -0.1) is 0 Å². The summed E-state index contributed by atoms with van der Waals surface area (Å²) in [5.41, 5.74) is 38.3. The summed E-state index contributed by atoms with van der Waals surface area (Å²) in [6.07, 6.45) is 0. The van der Waals surface area contributed by atoms with Crippen LogP contribution >= 0.6 is 0 Å². The molecular weight excluding hydrogens is 1600 g/mol. The van der Waals surface area contributed by atoms with Crippen molar-refractivity contribution in [2.75, 3.05) is 0 Å². The summed E-state index contributed by atoms with van der Waals surface area (Å²) in [5, 5.41) is 0. The quantitative estimate of drug-likeness (QED) is 0.0629. The zero-order chi connectivity index (χ0) is 95.3. The van der Waals surface area contributed by atoms with Crippen LogP contribution in [-0.2, 0) is 48.7 Å². The third kappa shape index (κ3) is 22.1. The minimum Gasteiger partial charge on any atom is -0.0617 e.